The van der Waals surface area contributed by atoms with Crippen LogP contribution in [-0.2, 0) is 12.7 Å². The maximum Gasteiger partial charge on any atom is 0.416 e. The van der Waals surface area contributed by atoms with Gasteiger partial charge in [-0.2, -0.15) is 13.2 Å². The molecule has 0 saturated heterocycles. The van der Waals surface area contributed by atoms with Crippen molar-refractivity contribution in [3.05, 3.63) is 76.0 Å². The molecular weight excluding hydrogens is 393 g/mol. The molecule has 28 heavy (non-hydrogen) atoms. The highest BCUT2D eigenvalue weighted by Gasteiger charge is 2.32. The van der Waals surface area contributed by atoms with Gasteiger partial charge in [-0.15, -0.1) is 11.3 Å². The summed E-state index contributed by atoms with van der Waals surface area (Å²) in [6.45, 7) is -0.302. The summed E-state index contributed by atoms with van der Waals surface area (Å²) >= 11 is 1.05. The fraction of sp³-hybridized carbons (Fsp3) is 0.111. The average Bonchev–Trinajstić information content (AvgIpc) is 3.14. The van der Waals surface area contributed by atoms with Crippen molar-refractivity contribution < 1.29 is 22.8 Å². The number of anilines is 1. The standard InChI is InChI=1S/C18H13F3N4O2S/c19-18(20,21)12-4-2-1-3-11(12)9-24-17(27)15-13(5-8-28-15)25-16(26)14-10-22-6-7-23-14/h1-8,10H,9H2,(H,24,27)(H,25,26). The van der Waals surface area contributed by atoms with Crippen LogP contribution in [0.25, 0.3) is 0 Å². The summed E-state index contributed by atoms with van der Waals surface area (Å²) in [5, 5.41) is 6.60. The topological polar surface area (TPSA) is 84.0 Å². The number of thiophene rings is 1. The van der Waals surface area contributed by atoms with E-state index in [1.807, 2.05) is 0 Å². The monoisotopic (exact) mass is 406 g/mol. The lowest BCUT2D eigenvalue weighted by atomic mass is 10.1. The Hall–Kier alpha value is -3.27. The van der Waals surface area contributed by atoms with Gasteiger partial charge in [0.1, 0.15) is 10.6 Å². The van der Waals surface area contributed by atoms with Crippen LogP contribution in [0.2, 0.25) is 0 Å². The fourth-order valence-electron chi connectivity index (χ4n) is 2.39. The van der Waals surface area contributed by atoms with E-state index in [9.17, 15) is 22.8 Å². The van der Waals surface area contributed by atoms with Crippen LogP contribution in [0.5, 0.6) is 0 Å². The van der Waals surface area contributed by atoms with Gasteiger partial charge in [-0.05, 0) is 23.1 Å². The molecule has 0 saturated carbocycles. The van der Waals surface area contributed by atoms with E-state index < -0.39 is 23.6 Å². The van der Waals surface area contributed by atoms with Gasteiger partial charge in [0.2, 0.25) is 0 Å². The molecule has 0 radical (unpaired) electrons. The summed E-state index contributed by atoms with van der Waals surface area (Å²) in [5.41, 5.74) is -0.552. The number of hydrogen-bond donors (Lipinski definition) is 2. The van der Waals surface area contributed by atoms with E-state index in [-0.39, 0.29) is 28.4 Å². The highest BCUT2D eigenvalue weighted by molar-refractivity contribution is 7.12. The van der Waals surface area contributed by atoms with E-state index in [1.165, 1.54) is 42.9 Å². The zero-order valence-electron chi connectivity index (χ0n) is 14.2. The van der Waals surface area contributed by atoms with Gasteiger partial charge in [0, 0.05) is 18.9 Å². The van der Waals surface area contributed by atoms with Gasteiger partial charge in [-0.3, -0.25) is 14.6 Å². The van der Waals surface area contributed by atoms with Gasteiger partial charge in [0.05, 0.1) is 17.4 Å². The molecule has 144 valence electrons. The third-order valence-electron chi connectivity index (χ3n) is 3.68. The molecule has 0 bridgehead atoms. The van der Waals surface area contributed by atoms with Gasteiger partial charge in [0.15, 0.2) is 0 Å². The van der Waals surface area contributed by atoms with Crippen molar-refractivity contribution in [2.24, 2.45) is 0 Å². The Morgan fingerprint density at radius 3 is 2.57 bits per heavy atom. The molecule has 0 spiro atoms. The van der Waals surface area contributed by atoms with Gasteiger partial charge in [-0.1, -0.05) is 18.2 Å². The molecule has 10 heteroatoms. The van der Waals surface area contributed by atoms with Crippen molar-refractivity contribution >= 4 is 28.8 Å². The third kappa shape index (κ3) is 4.52. The molecule has 0 aliphatic heterocycles. The molecule has 0 unspecified atom stereocenters. The molecular formula is C18H13F3N4O2S. The molecule has 2 N–H and O–H groups in total. The number of alkyl halides is 3. The zero-order valence-corrected chi connectivity index (χ0v) is 15.0. The number of halogens is 3. The first-order valence-corrected chi connectivity index (χ1v) is 8.82. The normalized spacial score (nSPS) is 11.1. The van der Waals surface area contributed by atoms with Crippen molar-refractivity contribution in [1.29, 1.82) is 0 Å². The number of benzene rings is 1. The lowest BCUT2D eigenvalue weighted by Gasteiger charge is -2.13. The van der Waals surface area contributed by atoms with E-state index in [1.54, 1.807) is 5.38 Å². The van der Waals surface area contributed by atoms with Gasteiger partial charge in [0.25, 0.3) is 11.8 Å². The van der Waals surface area contributed by atoms with E-state index in [0.29, 0.717) is 0 Å². The zero-order chi connectivity index (χ0) is 20.1. The first kappa shape index (κ1) is 19.5. The number of carbonyl (C=O) groups excluding carboxylic acids is 2. The van der Waals surface area contributed by atoms with Crippen LogP contribution in [0.1, 0.15) is 31.3 Å². The first-order valence-electron chi connectivity index (χ1n) is 7.94. The van der Waals surface area contributed by atoms with Gasteiger partial charge < -0.3 is 10.6 Å². The van der Waals surface area contributed by atoms with Crippen LogP contribution in [-0.4, -0.2) is 21.8 Å². The minimum atomic E-state index is -4.51. The molecule has 6 nitrogen and oxygen atoms in total. The molecule has 3 aromatic rings. The average molecular weight is 406 g/mol. The van der Waals surface area contributed by atoms with Crippen LogP contribution in [0.4, 0.5) is 18.9 Å². The summed E-state index contributed by atoms with van der Waals surface area (Å²) in [4.78, 5) is 32.4. The third-order valence-corrected chi connectivity index (χ3v) is 4.59. The highest BCUT2D eigenvalue weighted by Crippen LogP contribution is 2.32. The summed E-state index contributed by atoms with van der Waals surface area (Å²) < 4.78 is 39.1. The van der Waals surface area contributed by atoms with Crippen molar-refractivity contribution in [2.75, 3.05) is 5.32 Å². The van der Waals surface area contributed by atoms with E-state index in [4.69, 9.17) is 0 Å². The summed E-state index contributed by atoms with van der Waals surface area (Å²) in [5.74, 6) is -1.15. The van der Waals surface area contributed by atoms with Crippen LogP contribution in [0.15, 0.2) is 54.3 Å². The Kier molecular flexibility index (Phi) is 5.69. The largest absolute Gasteiger partial charge is 0.416 e. The Balaban J connectivity index is 1.70. The number of aromatic nitrogens is 2. The smallest absolute Gasteiger partial charge is 0.347 e. The summed E-state index contributed by atoms with van der Waals surface area (Å²) in [6.07, 6.45) is -0.469. The number of amides is 2. The van der Waals surface area contributed by atoms with Crippen LogP contribution < -0.4 is 10.6 Å². The lowest BCUT2D eigenvalue weighted by molar-refractivity contribution is -0.138. The Labute approximate surface area is 161 Å². The second kappa shape index (κ2) is 8.17. The van der Waals surface area contributed by atoms with Crippen molar-refractivity contribution in [2.45, 2.75) is 12.7 Å². The predicted molar refractivity (Wildman–Crippen MR) is 96.9 cm³/mol. The summed E-state index contributed by atoms with van der Waals surface area (Å²) in [7, 11) is 0. The van der Waals surface area contributed by atoms with E-state index in [2.05, 4.69) is 20.6 Å². The molecule has 0 aliphatic rings. The molecule has 1 aromatic carbocycles. The molecule has 0 aliphatic carbocycles. The highest BCUT2D eigenvalue weighted by atomic mass is 32.1. The molecule has 2 aromatic heterocycles. The Bertz CT molecular complexity index is 990. The maximum atomic E-state index is 13.0. The van der Waals surface area contributed by atoms with E-state index in [0.717, 1.165) is 17.4 Å². The van der Waals surface area contributed by atoms with Crippen LogP contribution in [0, 0.1) is 0 Å². The molecule has 2 heterocycles. The fourth-order valence-corrected chi connectivity index (χ4v) is 3.16. The van der Waals surface area contributed by atoms with Crippen molar-refractivity contribution in [3.8, 4) is 0 Å². The van der Waals surface area contributed by atoms with Crippen LogP contribution >= 0.6 is 11.3 Å². The predicted octanol–water partition coefficient (Wildman–Crippen LogP) is 3.74. The minimum Gasteiger partial charge on any atom is -0.347 e. The Morgan fingerprint density at radius 2 is 1.86 bits per heavy atom. The van der Waals surface area contributed by atoms with Crippen molar-refractivity contribution in [3.63, 3.8) is 0 Å². The van der Waals surface area contributed by atoms with Gasteiger partial charge >= 0.3 is 6.18 Å². The molecule has 2 amide bonds. The molecule has 0 atom stereocenters. The van der Waals surface area contributed by atoms with Gasteiger partial charge in [-0.25, -0.2) is 4.98 Å². The second-order valence-corrected chi connectivity index (χ2v) is 6.46. The molecule has 3 rings (SSSR count). The number of rotatable bonds is 5. The SMILES string of the molecule is O=C(Nc1ccsc1C(=O)NCc1ccccc1C(F)(F)F)c1cnccn1. The maximum absolute atomic E-state index is 13.0. The first-order chi connectivity index (χ1) is 13.4. The van der Waals surface area contributed by atoms with Crippen LogP contribution in [0.3, 0.4) is 0 Å². The molecule has 0 fully saturated rings. The number of carbonyl (C=O) groups is 2. The lowest BCUT2D eigenvalue weighted by Crippen LogP contribution is -2.25. The summed E-state index contributed by atoms with van der Waals surface area (Å²) in [6, 6.07) is 6.53. The van der Waals surface area contributed by atoms with Crippen molar-refractivity contribution in [1.82, 2.24) is 15.3 Å². The minimum absolute atomic E-state index is 0.0509. The second-order valence-electron chi connectivity index (χ2n) is 5.55. The number of nitrogens with zero attached hydrogens (tertiary/aromatic N) is 2. The number of hydrogen-bond acceptors (Lipinski definition) is 5. The van der Waals surface area contributed by atoms with E-state index >= 15 is 0 Å². The number of nitrogens with one attached hydrogen (secondary N) is 2. The quantitative estimate of drug-likeness (QED) is 0.676. The Morgan fingerprint density at radius 1 is 1.07 bits per heavy atom.